The zero-order valence-corrected chi connectivity index (χ0v) is 32.6. The van der Waals surface area contributed by atoms with Gasteiger partial charge in [-0.2, -0.15) is 0 Å². The van der Waals surface area contributed by atoms with Crippen LogP contribution in [0.25, 0.3) is 121 Å². The van der Waals surface area contributed by atoms with Gasteiger partial charge in [0.25, 0.3) is 0 Å². The SMILES string of the molecule is CC1(C)c2ccc(-c3c4oc5ccccc5c4cc4c3oc3ccccc34)cc2-c2ccc(-c3c4ccccc4c(-c4cccc5ccccc45)c4ccccc34)cc21. The van der Waals surface area contributed by atoms with E-state index in [1.165, 1.54) is 76.8 Å². The van der Waals surface area contributed by atoms with Crippen molar-refractivity contribution >= 4 is 76.2 Å². The molecule has 1 aliphatic rings. The van der Waals surface area contributed by atoms with Gasteiger partial charge >= 0.3 is 0 Å². The van der Waals surface area contributed by atoms with Crippen LogP contribution in [0.4, 0.5) is 0 Å². The zero-order valence-electron chi connectivity index (χ0n) is 32.6. The molecule has 0 saturated carbocycles. The lowest BCUT2D eigenvalue weighted by atomic mass is 9.80. The van der Waals surface area contributed by atoms with Gasteiger partial charge in [-0.25, -0.2) is 0 Å². The van der Waals surface area contributed by atoms with E-state index in [1.54, 1.807) is 0 Å². The summed E-state index contributed by atoms with van der Waals surface area (Å²) in [5, 5.41) is 12.0. The lowest BCUT2D eigenvalue weighted by molar-refractivity contribution is 0.657. The van der Waals surface area contributed by atoms with Crippen LogP contribution in [0.5, 0.6) is 0 Å². The largest absolute Gasteiger partial charge is 0.455 e. The summed E-state index contributed by atoms with van der Waals surface area (Å²) in [6.07, 6.45) is 0. The average molecular weight is 753 g/mol. The van der Waals surface area contributed by atoms with Gasteiger partial charge in [-0.1, -0.05) is 166 Å². The molecule has 0 N–H and O–H groups in total. The molecule has 276 valence electrons. The molecule has 0 spiro atoms. The van der Waals surface area contributed by atoms with Crippen molar-refractivity contribution in [1.29, 1.82) is 0 Å². The van der Waals surface area contributed by atoms with E-state index in [-0.39, 0.29) is 5.41 Å². The third-order valence-electron chi connectivity index (χ3n) is 13.3. The fraction of sp³-hybridized carbons (Fsp3) is 0.0526. The van der Waals surface area contributed by atoms with Gasteiger partial charge in [-0.3, -0.25) is 0 Å². The van der Waals surface area contributed by atoms with E-state index in [0.717, 1.165) is 55.0 Å². The van der Waals surface area contributed by atoms with Crippen molar-refractivity contribution in [1.82, 2.24) is 0 Å². The second-order valence-electron chi connectivity index (χ2n) is 16.7. The van der Waals surface area contributed by atoms with Crippen LogP contribution in [0.1, 0.15) is 25.0 Å². The Labute approximate surface area is 340 Å². The minimum absolute atomic E-state index is 0.215. The molecule has 12 aromatic rings. The highest BCUT2D eigenvalue weighted by atomic mass is 16.3. The van der Waals surface area contributed by atoms with Crippen molar-refractivity contribution in [3.8, 4) is 44.5 Å². The van der Waals surface area contributed by atoms with Crippen molar-refractivity contribution in [2.75, 3.05) is 0 Å². The number of furan rings is 2. The van der Waals surface area contributed by atoms with Gasteiger partial charge < -0.3 is 8.83 Å². The Hall–Kier alpha value is -7.42. The highest BCUT2D eigenvalue weighted by molar-refractivity contribution is 6.24. The number of benzene rings is 10. The molecule has 2 heterocycles. The van der Waals surface area contributed by atoms with Crippen LogP contribution in [0, 0.1) is 0 Å². The molecule has 0 atom stereocenters. The molecular weight excluding hydrogens is 717 g/mol. The first-order chi connectivity index (χ1) is 29.0. The van der Waals surface area contributed by atoms with Crippen LogP contribution in [-0.2, 0) is 5.41 Å². The van der Waals surface area contributed by atoms with Gasteiger partial charge in [-0.05, 0) is 113 Å². The van der Waals surface area contributed by atoms with E-state index >= 15 is 0 Å². The van der Waals surface area contributed by atoms with Gasteiger partial charge in [0, 0.05) is 27.0 Å². The lowest BCUT2D eigenvalue weighted by Crippen LogP contribution is -2.15. The molecule has 0 saturated heterocycles. The van der Waals surface area contributed by atoms with Gasteiger partial charge in [-0.15, -0.1) is 0 Å². The molecule has 0 radical (unpaired) electrons. The summed E-state index contributed by atoms with van der Waals surface area (Å²) in [5.74, 6) is 0. The van der Waals surface area contributed by atoms with E-state index in [1.807, 2.05) is 12.1 Å². The van der Waals surface area contributed by atoms with Crippen molar-refractivity contribution in [2.45, 2.75) is 19.3 Å². The molecule has 2 nitrogen and oxygen atoms in total. The summed E-state index contributed by atoms with van der Waals surface area (Å²) in [6, 6.07) is 66.5. The van der Waals surface area contributed by atoms with Crippen LogP contribution in [0.3, 0.4) is 0 Å². The van der Waals surface area contributed by atoms with E-state index in [0.29, 0.717) is 0 Å². The van der Waals surface area contributed by atoms with Crippen LogP contribution in [0.15, 0.2) is 191 Å². The van der Waals surface area contributed by atoms with Crippen molar-refractivity contribution in [2.24, 2.45) is 0 Å². The monoisotopic (exact) mass is 752 g/mol. The van der Waals surface area contributed by atoms with Crippen molar-refractivity contribution in [3.63, 3.8) is 0 Å². The highest BCUT2D eigenvalue weighted by Gasteiger charge is 2.36. The lowest BCUT2D eigenvalue weighted by Gasteiger charge is -2.23. The molecule has 10 aromatic carbocycles. The van der Waals surface area contributed by atoms with Crippen LogP contribution < -0.4 is 0 Å². The third kappa shape index (κ3) is 4.46. The van der Waals surface area contributed by atoms with Crippen molar-refractivity contribution in [3.05, 3.63) is 193 Å². The molecule has 2 aromatic heterocycles. The topological polar surface area (TPSA) is 26.3 Å². The average Bonchev–Trinajstić information content (AvgIpc) is 3.91. The van der Waals surface area contributed by atoms with E-state index < -0.39 is 0 Å². The summed E-state index contributed by atoms with van der Waals surface area (Å²) in [7, 11) is 0. The Balaban J connectivity index is 1.03. The normalized spacial score (nSPS) is 13.4. The Bertz CT molecular complexity index is 3610. The van der Waals surface area contributed by atoms with Crippen molar-refractivity contribution < 1.29 is 8.83 Å². The van der Waals surface area contributed by atoms with Crippen LogP contribution >= 0.6 is 0 Å². The second-order valence-corrected chi connectivity index (χ2v) is 16.7. The molecule has 1 aliphatic carbocycles. The zero-order chi connectivity index (χ0) is 39.0. The van der Waals surface area contributed by atoms with E-state index in [2.05, 4.69) is 184 Å². The number of rotatable bonds is 3. The maximum absolute atomic E-state index is 6.70. The fourth-order valence-corrected chi connectivity index (χ4v) is 10.5. The van der Waals surface area contributed by atoms with Crippen LogP contribution in [0.2, 0.25) is 0 Å². The fourth-order valence-electron chi connectivity index (χ4n) is 10.5. The summed E-state index contributed by atoms with van der Waals surface area (Å²) < 4.78 is 13.4. The maximum Gasteiger partial charge on any atom is 0.147 e. The first kappa shape index (κ1) is 32.6. The van der Waals surface area contributed by atoms with Gasteiger partial charge in [0.1, 0.15) is 22.3 Å². The molecule has 0 fully saturated rings. The van der Waals surface area contributed by atoms with Gasteiger partial charge in [0.2, 0.25) is 0 Å². The first-order valence-corrected chi connectivity index (χ1v) is 20.5. The third-order valence-corrected chi connectivity index (χ3v) is 13.3. The number of fused-ring (bicyclic) bond motifs is 12. The Kier molecular flexibility index (Phi) is 6.54. The molecule has 59 heavy (non-hydrogen) atoms. The summed E-state index contributed by atoms with van der Waals surface area (Å²) >= 11 is 0. The molecule has 0 unspecified atom stereocenters. The second kappa shape index (κ2) is 11.8. The number of hydrogen-bond donors (Lipinski definition) is 0. The minimum Gasteiger partial charge on any atom is -0.455 e. The quantitative estimate of drug-likeness (QED) is 0.168. The predicted molar refractivity (Wildman–Crippen MR) is 247 cm³/mol. The molecule has 2 heteroatoms. The summed E-state index contributed by atoms with van der Waals surface area (Å²) in [5.41, 5.74) is 15.6. The summed E-state index contributed by atoms with van der Waals surface area (Å²) in [6.45, 7) is 4.75. The molecule has 0 amide bonds. The van der Waals surface area contributed by atoms with E-state index in [4.69, 9.17) is 8.83 Å². The molecule has 0 aliphatic heterocycles. The smallest absolute Gasteiger partial charge is 0.147 e. The van der Waals surface area contributed by atoms with Gasteiger partial charge in [0.15, 0.2) is 0 Å². The Morgan fingerprint density at radius 2 is 0.831 bits per heavy atom. The molecular formula is C57H36O2. The van der Waals surface area contributed by atoms with Gasteiger partial charge in [0.05, 0.1) is 5.56 Å². The number of para-hydroxylation sites is 2. The van der Waals surface area contributed by atoms with E-state index in [9.17, 15) is 0 Å². The Morgan fingerprint density at radius 1 is 0.322 bits per heavy atom. The predicted octanol–water partition coefficient (Wildman–Crippen LogP) is 16.3. The molecule has 13 rings (SSSR count). The van der Waals surface area contributed by atoms with Crippen LogP contribution in [-0.4, -0.2) is 0 Å². The molecule has 0 bridgehead atoms. The maximum atomic E-state index is 6.70. The standard InChI is InChI=1S/C57H36O2/c1-57(2)48-29-27-34(53-55-46(38-17-9-11-24-50(38)58-55)32-47-39-18-10-12-25-51(39)59-56(47)53)30-45(48)37-28-26-35(31-49(37)57)52-41-19-5-7-21-43(41)54(44-22-8-6-20-42(44)52)40-23-13-15-33-14-3-4-16-36(33)40/h3-32H,1-2H3. The minimum atomic E-state index is -0.215. The Morgan fingerprint density at radius 3 is 1.47 bits per heavy atom. The highest BCUT2D eigenvalue weighted by Crippen LogP contribution is 2.54. The summed E-state index contributed by atoms with van der Waals surface area (Å²) in [4.78, 5) is 0. The number of hydrogen-bond acceptors (Lipinski definition) is 2. The first-order valence-electron chi connectivity index (χ1n) is 20.5.